The monoisotopic (exact) mass is 164 g/mol. The van der Waals surface area contributed by atoms with Gasteiger partial charge in [0.2, 0.25) is 6.41 Å². The van der Waals surface area contributed by atoms with Gasteiger partial charge in [0.25, 0.3) is 0 Å². The lowest BCUT2D eigenvalue weighted by atomic mass is 10.5. The number of amides is 1. The zero-order chi connectivity index (χ0) is 5.54. The van der Waals surface area contributed by atoms with Crippen molar-refractivity contribution >= 4 is 22.3 Å². The third-order valence-corrected chi connectivity index (χ3v) is 0.912. The van der Waals surface area contributed by atoms with Crippen LogP contribution in [0.15, 0.2) is 0 Å². The molecule has 0 aromatic carbocycles. The lowest BCUT2D eigenvalue weighted by Crippen LogP contribution is -2.12. The number of alkyl halides is 1. The second-order valence-corrected chi connectivity index (χ2v) is 1.62. The Labute approximate surface area is 51.4 Å². The number of hydrogen-bond donors (Lipinski definition) is 1. The Morgan fingerprint density at radius 3 is 2.86 bits per heavy atom. The van der Waals surface area contributed by atoms with Crippen molar-refractivity contribution in [1.29, 1.82) is 0 Å². The van der Waals surface area contributed by atoms with Crippen molar-refractivity contribution in [3.63, 3.8) is 0 Å². The lowest BCUT2D eigenvalue weighted by Gasteiger charge is -1.89. The average molecular weight is 165 g/mol. The molecule has 0 aromatic rings. The molecule has 0 aliphatic heterocycles. The van der Waals surface area contributed by atoms with Crippen LogP contribution >= 0.6 is 15.9 Å². The van der Waals surface area contributed by atoms with Crippen molar-refractivity contribution in [2.75, 3.05) is 11.9 Å². The number of carbonyl (C=O) groups excluding carboxylic acids is 1. The standard InChI is InChI=1S/C4H7BrNO/c5-2-1-3-6-4-7/h1,4H,2-3H2,(H,6,7). The minimum absolute atomic E-state index is 0.648. The van der Waals surface area contributed by atoms with E-state index in [1.54, 1.807) is 0 Å². The maximum absolute atomic E-state index is 9.53. The quantitative estimate of drug-likeness (QED) is 0.363. The van der Waals surface area contributed by atoms with Crippen LogP contribution in [0.1, 0.15) is 0 Å². The maximum atomic E-state index is 9.53. The first-order valence-corrected chi connectivity index (χ1v) is 3.08. The van der Waals surface area contributed by atoms with E-state index >= 15 is 0 Å². The van der Waals surface area contributed by atoms with Crippen molar-refractivity contribution in [2.24, 2.45) is 0 Å². The molecule has 41 valence electrons. The highest BCUT2D eigenvalue weighted by molar-refractivity contribution is 9.09. The van der Waals surface area contributed by atoms with Gasteiger partial charge in [0.1, 0.15) is 0 Å². The molecular formula is C4H7BrNO. The van der Waals surface area contributed by atoms with Crippen molar-refractivity contribution < 1.29 is 4.79 Å². The largest absolute Gasteiger partial charge is 0.358 e. The summed E-state index contributed by atoms with van der Waals surface area (Å²) in [6, 6.07) is 0. The molecular weight excluding hydrogens is 158 g/mol. The smallest absolute Gasteiger partial charge is 0.207 e. The summed E-state index contributed by atoms with van der Waals surface area (Å²) in [6.45, 7) is 0.648. The van der Waals surface area contributed by atoms with E-state index < -0.39 is 0 Å². The molecule has 1 radical (unpaired) electrons. The molecule has 3 heteroatoms. The summed E-state index contributed by atoms with van der Waals surface area (Å²) in [5.74, 6) is 0. The van der Waals surface area contributed by atoms with Crippen LogP contribution < -0.4 is 5.32 Å². The molecule has 1 N–H and O–H groups in total. The average Bonchev–Trinajstić information content (AvgIpc) is 1.69. The van der Waals surface area contributed by atoms with E-state index in [9.17, 15) is 4.79 Å². The second-order valence-electron chi connectivity index (χ2n) is 0.969. The predicted octanol–water partition coefficient (Wildman–Crippen LogP) is 0.332. The Balaban J connectivity index is 2.56. The van der Waals surface area contributed by atoms with Gasteiger partial charge in [0.15, 0.2) is 0 Å². The van der Waals surface area contributed by atoms with Crippen LogP contribution in [0, 0.1) is 6.42 Å². The van der Waals surface area contributed by atoms with Gasteiger partial charge in [-0.3, -0.25) is 4.79 Å². The molecule has 0 aliphatic carbocycles. The van der Waals surface area contributed by atoms with Crippen LogP contribution in [-0.4, -0.2) is 18.3 Å². The molecule has 0 bridgehead atoms. The summed E-state index contributed by atoms with van der Waals surface area (Å²) in [5, 5.41) is 3.31. The zero-order valence-electron chi connectivity index (χ0n) is 3.86. The number of rotatable bonds is 4. The summed E-state index contributed by atoms with van der Waals surface area (Å²) in [7, 11) is 0. The normalized spacial score (nSPS) is 8.14. The summed E-state index contributed by atoms with van der Waals surface area (Å²) < 4.78 is 0. The predicted molar refractivity (Wildman–Crippen MR) is 32.2 cm³/mol. The SMILES string of the molecule is O=CNC[CH]CBr. The van der Waals surface area contributed by atoms with E-state index in [0.29, 0.717) is 13.0 Å². The molecule has 0 atom stereocenters. The van der Waals surface area contributed by atoms with E-state index in [2.05, 4.69) is 21.2 Å². The van der Waals surface area contributed by atoms with E-state index in [4.69, 9.17) is 0 Å². The topological polar surface area (TPSA) is 29.1 Å². The van der Waals surface area contributed by atoms with Crippen LogP contribution in [0.4, 0.5) is 0 Å². The van der Waals surface area contributed by atoms with Gasteiger partial charge in [-0.15, -0.1) is 0 Å². The van der Waals surface area contributed by atoms with Crippen LogP contribution in [0.2, 0.25) is 0 Å². The number of hydrogen-bond acceptors (Lipinski definition) is 1. The van der Waals surface area contributed by atoms with Crippen LogP contribution in [0.5, 0.6) is 0 Å². The molecule has 0 unspecified atom stereocenters. The highest BCUT2D eigenvalue weighted by atomic mass is 79.9. The van der Waals surface area contributed by atoms with Gasteiger partial charge in [-0.1, -0.05) is 15.9 Å². The van der Waals surface area contributed by atoms with Gasteiger partial charge >= 0.3 is 0 Å². The van der Waals surface area contributed by atoms with E-state index in [1.165, 1.54) is 0 Å². The molecule has 0 rings (SSSR count). The third kappa shape index (κ3) is 5.95. The molecule has 0 saturated heterocycles. The minimum Gasteiger partial charge on any atom is -0.358 e. The first kappa shape index (κ1) is 6.95. The van der Waals surface area contributed by atoms with Gasteiger partial charge in [0.05, 0.1) is 0 Å². The fraction of sp³-hybridized carbons (Fsp3) is 0.500. The van der Waals surface area contributed by atoms with Crippen molar-refractivity contribution in [3.05, 3.63) is 6.42 Å². The molecule has 0 spiro atoms. The number of halogens is 1. The molecule has 0 fully saturated rings. The summed E-state index contributed by atoms with van der Waals surface area (Å²) in [5.41, 5.74) is 0. The van der Waals surface area contributed by atoms with Gasteiger partial charge in [-0.05, 0) is 6.42 Å². The Bertz CT molecular complexity index is 49.0. The Hall–Kier alpha value is -0.0500. The molecule has 7 heavy (non-hydrogen) atoms. The Morgan fingerprint density at radius 2 is 2.43 bits per heavy atom. The third-order valence-electron chi connectivity index (χ3n) is 0.455. The first-order valence-electron chi connectivity index (χ1n) is 1.96. The van der Waals surface area contributed by atoms with E-state index in [1.807, 2.05) is 6.42 Å². The molecule has 1 amide bonds. The fourth-order valence-electron chi connectivity index (χ4n) is 0.186. The van der Waals surface area contributed by atoms with Crippen molar-refractivity contribution in [1.82, 2.24) is 5.32 Å². The zero-order valence-corrected chi connectivity index (χ0v) is 5.44. The highest BCUT2D eigenvalue weighted by Gasteiger charge is 1.78. The minimum atomic E-state index is 0.648. The van der Waals surface area contributed by atoms with Crippen LogP contribution in [0.3, 0.4) is 0 Å². The van der Waals surface area contributed by atoms with Crippen LogP contribution in [0.25, 0.3) is 0 Å². The molecule has 0 saturated carbocycles. The number of carbonyl (C=O) groups is 1. The van der Waals surface area contributed by atoms with Crippen LogP contribution in [-0.2, 0) is 4.79 Å². The lowest BCUT2D eigenvalue weighted by molar-refractivity contribution is -0.109. The molecule has 0 aliphatic rings. The van der Waals surface area contributed by atoms with Crippen molar-refractivity contribution in [2.45, 2.75) is 0 Å². The van der Waals surface area contributed by atoms with Gasteiger partial charge in [-0.2, -0.15) is 0 Å². The maximum Gasteiger partial charge on any atom is 0.207 e. The first-order chi connectivity index (χ1) is 3.41. The Morgan fingerprint density at radius 1 is 1.71 bits per heavy atom. The summed E-state index contributed by atoms with van der Waals surface area (Å²) in [4.78, 5) is 9.53. The van der Waals surface area contributed by atoms with E-state index in [-0.39, 0.29) is 0 Å². The molecule has 2 nitrogen and oxygen atoms in total. The number of nitrogens with one attached hydrogen (secondary N) is 1. The fourth-order valence-corrected chi connectivity index (χ4v) is 0.415. The summed E-state index contributed by atoms with van der Waals surface area (Å²) >= 11 is 3.17. The molecule has 0 aromatic heterocycles. The highest BCUT2D eigenvalue weighted by Crippen LogP contribution is 1.80. The second kappa shape index (κ2) is 5.95. The molecule has 0 heterocycles. The van der Waals surface area contributed by atoms with Crippen molar-refractivity contribution in [3.8, 4) is 0 Å². The van der Waals surface area contributed by atoms with Gasteiger partial charge in [-0.25, -0.2) is 0 Å². The summed E-state index contributed by atoms with van der Waals surface area (Å²) in [6.07, 6.45) is 2.59. The van der Waals surface area contributed by atoms with Gasteiger partial charge < -0.3 is 5.32 Å². The van der Waals surface area contributed by atoms with Gasteiger partial charge in [0, 0.05) is 11.9 Å². The van der Waals surface area contributed by atoms with E-state index in [0.717, 1.165) is 5.33 Å². The Kier molecular flexibility index (Phi) is 5.91.